The van der Waals surface area contributed by atoms with Crippen LogP contribution in [0.25, 0.3) is 0 Å². The van der Waals surface area contributed by atoms with Gasteiger partial charge in [0.15, 0.2) is 0 Å². The molecule has 1 atom stereocenters. The molecule has 128 valence electrons. The molecule has 4 nitrogen and oxygen atoms in total. The van der Waals surface area contributed by atoms with E-state index in [0.717, 1.165) is 29.1 Å². The molecule has 0 aliphatic carbocycles. The Balaban J connectivity index is 1.76. The Morgan fingerprint density at radius 1 is 1.29 bits per heavy atom. The molecule has 1 amide bonds. The molecule has 1 fully saturated rings. The number of hydrogen-bond donors (Lipinski definition) is 0. The van der Waals surface area contributed by atoms with Gasteiger partial charge in [-0.15, -0.1) is 0 Å². The van der Waals surface area contributed by atoms with E-state index in [1.54, 1.807) is 22.5 Å². The zero-order valence-electron chi connectivity index (χ0n) is 14.3. The minimum Gasteiger partial charge on any atom is -0.338 e. The van der Waals surface area contributed by atoms with Crippen LogP contribution in [0.3, 0.4) is 0 Å². The van der Waals surface area contributed by atoms with Crippen LogP contribution in [0.4, 0.5) is 4.39 Å². The number of rotatable bonds is 2. The first-order valence-corrected chi connectivity index (χ1v) is 9.19. The van der Waals surface area contributed by atoms with Crippen molar-refractivity contribution >= 4 is 17.7 Å². The van der Waals surface area contributed by atoms with Crippen molar-refractivity contribution in [2.75, 3.05) is 18.8 Å². The Morgan fingerprint density at radius 3 is 2.71 bits per heavy atom. The molecule has 1 aliphatic heterocycles. The normalized spacial score (nSPS) is 18.5. The molecule has 0 N–H and O–H groups in total. The number of benzene rings is 1. The molecule has 6 heteroatoms. The van der Waals surface area contributed by atoms with Crippen LogP contribution >= 0.6 is 11.8 Å². The van der Waals surface area contributed by atoms with Crippen molar-refractivity contribution in [2.24, 2.45) is 7.05 Å². The van der Waals surface area contributed by atoms with Crippen molar-refractivity contribution in [3.05, 3.63) is 52.6 Å². The SMILES string of the molecule is Cc1nn(C)c(C)c1C(=O)N1CCSC(c2ccccc2F)CC1. The van der Waals surface area contributed by atoms with E-state index in [2.05, 4.69) is 5.10 Å². The Hall–Kier alpha value is -1.82. The quantitative estimate of drug-likeness (QED) is 0.834. The summed E-state index contributed by atoms with van der Waals surface area (Å²) in [7, 11) is 1.85. The lowest BCUT2D eigenvalue weighted by atomic mass is 10.1. The smallest absolute Gasteiger partial charge is 0.257 e. The summed E-state index contributed by atoms with van der Waals surface area (Å²) in [4.78, 5) is 14.8. The van der Waals surface area contributed by atoms with E-state index < -0.39 is 0 Å². The summed E-state index contributed by atoms with van der Waals surface area (Å²) in [5.74, 6) is 0.685. The maximum Gasteiger partial charge on any atom is 0.257 e. The van der Waals surface area contributed by atoms with Gasteiger partial charge in [-0.25, -0.2) is 4.39 Å². The van der Waals surface area contributed by atoms with E-state index in [4.69, 9.17) is 0 Å². The average molecular weight is 347 g/mol. The largest absolute Gasteiger partial charge is 0.338 e. The van der Waals surface area contributed by atoms with Crippen LogP contribution in [0.2, 0.25) is 0 Å². The fourth-order valence-corrected chi connectivity index (χ4v) is 4.45. The third-order valence-electron chi connectivity index (χ3n) is 4.60. The number of thioether (sulfide) groups is 1. The Morgan fingerprint density at radius 2 is 2.04 bits per heavy atom. The molecule has 0 radical (unpaired) electrons. The highest BCUT2D eigenvalue weighted by atomic mass is 32.2. The van der Waals surface area contributed by atoms with Crippen LogP contribution in [0, 0.1) is 19.7 Å². The fourth-order valence-electron chi connectivity index (χ4n) is 3.20. The standard InChI is InChI=1S/C18H22FN3OS/c1-12-17(13(2)21(3)20-12)18(23)22-9-8-16(24-11-10-22)14-6-4-5-7-15(14)19/h4-7,16H,8-11H2,1-3H3. The summed E-state index contributed by atoms with van der Waals surface area (Å²) in [6, 6.07) is 6.94. The van der Waals surface area contributed by atoms with Crippen LogP contribution < -0.4 is 0 Å². The molecule has 0 bridgehead atoms. The van der Waals surface area contributed by atoms with Crippen molar-refractivity contribution in [3.63, 3.8) is 0 Å². The zero-order chi connectivity index (χ0) is 17.3. The number of aromatic nitrogens is 2. The van der Waals surface area contributed by atoms with Crippen molar-refractivity contribution in [2.45, 2.75) is 25.5 Å². The molecule has 1 aromatic carbocycles. The predicted molar refractivity (Wildman–Crippen MR) is 94.8 cm³/mol. The maximum absolute atomic E-state index is 14.0. The van der Waals surface area contributed by atoms with Gasteiger partial charge in [-0.1, -0.05) is 18.2 Å². The number of hydrogen-bond acceptors (Lipinski definition) is 3. The van der Waals surface area contributed by atoms with Crippen molar-refractivity contribution < 1.29 is 9.18 Å². The predicted octanol–water partition coefficient (Wildman–Crippen LogP) is 3.50. The molecular formula is C18H22FN3OS. The van der Waals surface area contributed by atoms with Gasteiger partial charge in [0.2, 0.25) is 0 Å². The summed E-state index contributed by atoms with van der Waals surface area (Å²) >= 11 is 1.73. The molecule has 24 heavy (non-hydrogen) atoms. The monoisotopic (exact) mass is 347 g/mol. The average Bonchev–Trinajstić information content (AvgIpc) is 2.73. The van der Waals surface area contributed by atoms with Gasteiger partial charge in [-0.3, -0.25) is 9.48 Å². The van der Waals surface area contributed by atoms with Crippen LogP contribution in [0.5, 0.6) is 0 Å². The highest BCUT2D eigenvalue weighted by Crippen LogP contribution is 2.36. The third kappa shape index (κ3) is 3.20. The molecule has 0 saturated carbocycles. The van der Waals surface area contributed by atoms with Crippen molar-refractivity contribution in [3.8, 4) is 0 Å². The second-order valence-corrected chi connectivity index (χ2v) is 7.44. The van der Waals surface area contributed by atoms with Gasteiger partial charge in [-0.2, -0.15) is 16.9 Å². The van der Waals surface area contributed by atoms with Gasteiger partial charge < -0.3 is 4.90 Å². The Bertz CT molecular complexity index is 759. The van der Waals surface area contributed by atoms with E-state index in [-0.39, 0.29) is 17.0 Å². The molecule has 3 rings (SSSR count). The molecule has 1 aromatic heterocycles. The number of halogens is 1. The number of amides is 1. The lowest BCUT2D eigenvalue weighted by Gasteiger charge is -2.20. The summed E-state index contributed by atoms with van der Waals surface area (Å²) in [5, 5.41) is 4.44. The van der Waals surface area contributed by atoms with E-state index in [9.17, 15) is 9.18 Å². The second kappa shape index (κ2) is 6.97. The highest BCUT2D eigenvalue weighted by Gasteiger charge is 2.27. The number of carbonyl (C=O) groups excluding carboxylic acids is 1. The molecule has 1 saturated heterocycles. The van der Waals surface area contributed by atoms with E-state index in [1.807, 2.05) is 37.9 Å². The fraction of sp³-hybridized carbons (Fsp3) is 0.444. The molecule has 1 aliphatic rings. The summed E-state index contributed by atoms with van der Waals surface area (Å²) in [6.07, 6.45) is 0.760. The van der Waals surface area contributed by atoms with Crippen LogP contribution in [-0.2, 0) is 7.05 Å². The van der Waals surface area contributed by atoms with Crippen molar-refractivity contribution in [1.82, 2.24) is 14.7 Å². The van der Waals surface area contributed by atoms with Gasteiger partial charge in [-0.05, 0) is 26.3 Å². The molecule has 2 heterocycles. The number of nitrogens with zero attached hydrogens (tertiary/aromatic N) is 3. The summed E-state index contributed by atoms with van der Waals surface area (Å²) in [6.45, 7) is 5.11. The third-order valence-corrected chi connectivity index (χ3v) is 5.91. The van der Waals surface area contributed by atoms with E-state index in [1.165, 1.54) is 6.07 Å². The molecule has 2 aromatic rings. The first kappa shape index (κ1) is 17.0. The second-order valence-electron chi connectivity index (χ2n) is 6.13. The summed E-state index contributed by atoms with van der Waals surface area (Å²) in [5.41, 5.74) is 3.10. The molecular weight excluding hydrogens is 325 g/mol. The van der Waals surface area contributed by atoms with Gasteiger partial charge in [0, 0.05) is 42.4 Å². The van der Waals surface area contributed by atoms with E-state index in [0.29, 0.717) is 18.7 Å². The first-order chi connectivity index (χ1) is 11.5. The van der Waals surface area contributed by atoms with E-state index >= 15 is 0 Å². The van der Waals surface area contributed by atoms with Gasteiger partial charge >= 0.3 is 0 Å². The molecule has 1 unspecified atom stereocenters. The lowest BCUT2D eigenvalue weighted by molar-refractivity contribution is 0.0765. The maximum atomic E-state index is 14.0. The highest BCUT2D eigenvalue weighted by molar-refractivity contribution is 7.99. The lowest BCUT2D eigenvalue weighted by Crippen LogP contribution is -2.33. The van der Waals surface area contributed by atoms with Gasteiger partial charge in [0.1, 0.15) is 5.82 Å². The minimum absolute atomic E-state index is 0.0351. The topological polar surface area (TPSA) is 38.1 Å². The van der Waals surface area contributed by atoms with Crippen molar-refractivity contribution in [1.29, 1.82) is 0 Å². The Kier molecular flexibility index (Phi) is 4.94. The number of carbonyl (C=O) groups is 1. The van der Waals surface area contributed by atoms with Crippen LogP contribution in [0.15, 0.2) is 24.3 Å². The first-order valence-electron chi connectivity index (χ1n) is 8.14. The van der Waals surface area contributed by atoms with Crippen LogP contribution in [-0.4, -0.2) is 39.4 Å². The molecule has 0 spiro atoms. The van der Waals surface area contributed by atoms with Gasteiger partial charge in [0.05, 0.1) is 11.3 Å². The zero-order valence-corrected chi connectivity index (χ0v) is 15.1. The minimum atomic E-state index is -0.159. The summed E-state index contributed by atoms with van der Waals surface area (Å²) < 4.78 is 15.8. The number of aryl methyl sites for hydroxylation is 2. The van der Waals surface area contributed by atoms with Gasteiger partial charge in [0.25, 0.3) is 5.91 Å². The Labute approximate surface area is 146 Å². The van der Waals surface area contributed by atoms with Crippen LogP contribution in [0.1, 0.15) is 39.0 Å².